The van der Waals surface area contributed by atoms with Gasteiger partial charge in [0.15, 0.2) is 5.78 Å². The lowest BCUT2D eigenvalue weighted by molar-refractivity contribution is -0.140. The number of hydrogen-bond donors (Lipinski definition) is 1. The highest BCUT2D eigenvalue weighted by Crippen LogP contribution is 2.34. The molecule has 3 rings (SSSR count). The fraction of sp³-hybridized carbons (Fsp3) is 0.600. The van der Waals surface area contributed by atoms with E-state index in [0.29, 0.717) is 23.7 Å². The molecule has 2 N–H and O–H groups in total. The van der Waals surface area contributed by atoms with E-state index in [0.717, 1.165) is 38.5 Å². The van der Waals surface area contributed by atoms with E-state index in [1.165, 1.54) is 0 Å². The molecule has 1 heterocycles. The Hall–Kier alpha value is -1.10. The summed E-state index contributed by atoms with van der Waals surface area (Å²) >= 11 is 5.89. The lowest BCUT2D eigenvalue weighted by Crippen LogP contribution is -2.55. The Morgan fingerprint density at radius 3 is 2.31 bits per heavy atom. The topological polar surface area (TPSA) is 63.4 Å². The van der Waals surface area contributed by atoms with Crippen LogP contribution in [-0.2, 0) is 4.79 Å². The number of Topliss-reactive ketones (excluding diaryl/α,β-unsaturated/α-hetero) is 1. The smallest absolute Gasteiger partial charge is 0.227 e. The van der Waals surface area contributed by atoms with Gasteiger partial charge in [0, 0.05) is 35.1 Å². The lowest BCUT2D eigenvalue weighted by atomic mass is 9.73. The Balaban J connectivity index is 0.00000243. The van der Waals surface area contributed by atoms with Gasteiger partial charge < -0.3 is 10.6 Å². The van der Waals surface area contributed by atoms with Gasteiger partial charge in [-0.2, -0.15) is 0 Å². The van der Waals surface area contributed by atoms with Crippen LogP contribution in [0, 0.1) is 11.8 Å². The number of carbonyl (C=O) groups is 2. The molecule has 1 aliphatic heterocycles. The van der Waals surface area contributed by atoms with Gasteiger partial charge in [-0.05, 0) is 56.9 Å². The number of carbonyl (C=O) groups excluding carboxylic acids is 2. The third-order valence-corrected chi connectivity index (χ3v) is 6.11. The number of nitrogens with two attached hydrogens (primary N) is 1. The molecule has 0 spiro atoms. The first-order valence-corrected chi connectivity index (χ1v) is 9.64. The molecular weight excluding hydrogens is 371 g/mol. The first-order valence-electron chi connectivity index (χ1n) is 9.26. The van der Waals surface area contributed by atoms with E-state index in [1.807, 2.05) is 11.8 Å². The fourth-order valence-electron chi connectivity index (χ4n) is 4.20. The van der Waals surface area contributed by atoms with Crippen LogP contribution in [0.4, 0.5) is 0 Å². The van der Waals surface area contributed by atoms with Gasteiger partial charge in [0.25, 0.3) is 0 Å². The highest BCUT2D eigenvalue weighted by molar-refractivity contribution is 6.30. The van der Waals surface area contributed by atoms with Gasteiger partial charge >= 0.3 is 0 Å². The number of ketones is 1. The van der Waals surface area contributed by atoms with Crippen molar-refractivity contribution < 1.29 is 9.59 Å². The van der Waals surface area contributed by atoms with Crippen molar-refractivity contribution in [1.82, 2.24) is 4.90 Å². The molecule has 26 heavy (non-hydrogen) atoms. The SMILES string of the molecule is CC1(N)CCCCC1C(=O)N1CCC(C(=O)c2ccc(Cl)cc2)CC1.Cl. The molecular formula is C20H28Cl2N2O2. The number of nitrogens with zero attached hydrogens (tertiary/aromatic N) is 1. The zero-order valence-electron chi connectivity index (χ0n) is 15.2. The average molecular weight is 399 g/mol. The maximum Gasteiger partial charge on any atom is 0.227 e. The van der Waals surface area contributed by atoms with Crippen molar-refractivity contribution in [3.8, 4) is 0 Å². The first kappa shape index (κ1) is 21.2. The van der Waals surface area contributed by atoms with Crippen LogP contribution in [0.3, 0.4) is 0 Å². The lowest BCUT2D eigenvalue weighted by Gasteiger charge is -2.41. The van der Waals surface area contributed by atoms with Crippen molar-refractivity contribution in [1.29, 1.82) is 0 Å². The van der Waals surface area contributed by atoms with Crippen LogP contribution in [0.1, 0.15) is 55.8 Å². The summed E-state index contributed by atoms with van der Waals surface area (Å²) in [6, 6.07) is 7.06. The van der Waals surface area contributed by atoms with Crippen molar-refractivity contribution in [2.45, 2.75) is 51.0 Å². The second kappa shape index (κ2) is 8.73. The second-order valence-corrected chi connectivity index (χ2v) is 8.21. The molecule has 0 bridgehead atoms. The molecule has 144 valence electrons. The zero-order valence-corrected chi connectivity index (χ0v) is 16.8. The summed E-state index contributed by atoms with van der Waals surface area (Å²) in [5.74, 6) is 0.248. The van der Waals surface area contributed by atoms with E-state index in [9.17, 15) is 9.59 Å². The first-order chi connectivity index (χ1) is 11.9. The Labute approximate surface area is 166 Å². The predicted octanol–water partition coefficient (Wildman–Crippen LogP) is 4.09. The number of hydrogen-bond acceptors (Lipinski definition) is 3. The molecule has 0 radical (unpaired) electrons. The average Bonchev–Trinajstić information content (AvgIpc) is 2.61. The Kier molecular flexibility index (Phi) is 7.12. The highest BCUT2D eigenvalue weighted by atomic mass is 35.5. The number of piperidine rings is 1. The molecule has 1 aliphatic carbocycles. The van der Waals surface area contributed by atoms with Crippen LogP contribution in [0.15, 0.2) is 24.3 Å². The molecule has 2 aliphatic rings. The zero-order chi connectivity index (χ0) is 18.0. The molecule has 1 aromatic carbocycles. The summed E-state index contributed by atoms with van der Waals surface area (Å²) in [6.07, 6.45) is 5.43. The van der Waals surface area contributed by atoms with E-state index in [4.69, 9.17) is 17.3 Å². The molecule has 1 amide bonds. The summed E-state index contributed by atoms with van der Waals surface area (Å²) < 4.78 is 0. The number of rotatable bonds is 3. The van der Waals surface area contributed by atoms with Gasteiger partial charge in [0.2, 0.25) is 5.91 Å². The second-order valence-electron chi connectivity index (χ2n) is 7.77. The van der Waals surface area contributed by atoms with Gasteiger partial charge in [-0.25, -0.2) is 0 Å². The van der Waals surface area contributed by atoms with Gasteiger partial charge in [-0.3, -0.25) is 9.59 Å². The molecule has 2 atom stereocenters. The molecule has 4 nitrogen and oxygen atoms in total. The Morgan fingerprint density at radius 2 is 1.73 bits per heavy atom. The fourth-order valence-corrected chi connectivity index (χ4v) is 4.32. The number of amides is 1. The van der Waals surface area contributed by atoms with Gasteiger partial charge in [-0.1, -0.05) is 24.4 Å². The molecule has 1 aromatic rings. The van der Waals surface area contributed by atoms with Crippen molar-refractivity contribution in [3.63, 3.8) is 0 Å². The van der Waals surface area contributed by atoms with Crippen LogP contribution in [0.25, 0.3) is 0 Å². The van der Waals surface area contributed by atoms with Crippen LogP contribution in [0.2, 0.25) is 5.02 Å². The third kappa shape index (κ3) is 4.59. The monoisotopic (exact) mass is 398 g/mol. The largest absolute Gasteiger partial charge is 0.342 e. The maximum atomic E-state index is 12.9. The van der Waals surface area contributed by atoms with Gasteiger partial charge in [0.05, 0.1) is 5.92 Å². The minimum absolute atomic E-state index is 0. The van der Waals surface area contributed by atoms with E-state index < -0.39 is 5.54 Å². The molecule has 0 aromatic heterocycles. The summed E-state index contributed by atoms with van der Waals surface area (Å²) in [6.45, 7) is 3.30. The van der Waals surface area contributed by atoms with Crippen molar-refractivity contribution in [2.24, 2.45) is 17.6 Å². The minimum Gasteiger partial charge on any atom is -0.342 e. The molecule has 1 saturated carbocycles. The molecule has 6 heteroatoms. The highest BCUT2D eigenvalue weighted by Gasteiger charge is 2.40. The maximum absolute atomic E-state index is 12.9. The van der Waals surface area contributed by atoms with Crippen LogP contribution in [-0.4, -0.2) is 35.2 Å². The third-order valence-electron chi connectivity index (χ3n) is 5.86. The summed E-state index contributed by atoms with van der Waals surface area (Å²) in [5.41, 5.74) is 6.69. The minimum atomic E-state index is -0.398. The standard InChI is InChI=1S/C20H27ClN2O2.ClH/c1-20(22)11-3-2-4-17(20)19(25)23-12-9-15(10-13-23)18(24)14-5-7-16(21)8-6-14;/h5-8,15,17H,2-4,9-13,22H2,1H3;1H. The van der Waals surface area contributed by atoms with Gasteiger partial charge in [-0.15, -0.1) is 12.4 Å². The Bertz CT molecular complexity index is 638. The van der Waals surface area contributed by atoms with Crippen LogP contribution < -0.4 is 5.73 Å². The Morgan fingerprint density at radius 1 is 1.12 bits per heavy atom. The summed E-state index contributed by atoms with van der Waals surface area (Å²) in [4.78, 5) is 27.4. The van der Waals surface area contributed by atoms with E-state index >= 15 is 0 Å². The van der Waals surface area contributed by atoms with E-state index in [1.54, 1.807) is 24.3 Å². The van der Waals surface area contributed by atoms with E-state index in [2.05, 4.69) is 0 Å². The van der Waals surface area contributed by atoms with Crippen LogP contribution >= 0.6 is 24.0 Å². The van der Waals surface area contributed by atoms with Crippen molar-refractivity contribution >= 4 is 35.7 Å². The molecule has 2 fully saturated rings. The quantitative estimate of drug-likeness (QED) is 0.779. The van der Waals surface area contributed by atoms with E-state index in [-0.39, 0.29) is 35.9 Å². The van der Waals surface area contributed by atoms with Crippen molar-refractivity contribution in [3.05, 3.63) is 34.9 Å². The van der Waals surface area contributed by atoms with Crippen LogP contribution in [0.5, 0.6) is 0 Å². The van der Waals surface area contributed by atoms with Gasteiger partial charge in [0.1, 0.15) is 0 Å². The summed E-state index contributed by atoms with van der Waals surface area (Å²) in [5, 5.41) is 0.634. The number of halogens is 2. The molecule has 2 unspecified atom stereocenters. The summed E-state index contributed by atoms with van der Waals surface area (Å²) in [7, 11) is 0. The number of likely N-dealkylation sites (tertiary alicyclic amines) is 1. The normalized spacial score (nSPS) is 26.9. The predicted molar refractivity (Wildman–Crippen MR) is 107 cm³/mol. The molecule has 1 saturated heterocycles. The van der Waals surface area contributed by atoms with Crippen molar-refractivity contribution in [2.75, 3.05) is 13.1 Å². The number of benzene rings is 1.